The van der Waals surface area contributed by atoms with E-state index in [1.807, 2.05) is 11.0 Å². The largest absolute Gasteiger partial charge is 0.490 e. The molecule has 1 saturated carbocycles. The van der Waals surface area contributed by atoms with Crippen molar-refractivity contribution in [2.45, 2.75) is 52.1 Å². The van der Waals surface area contributed by atoms with Gasteiger partial charge >= 0.3 is 0 Å². The predicted molar refractivity (Wildman–Crippen MR) is 96.0 cm³/mol. The fourth-order valence-electron chi connectivity index (χ4n) is 4.05. The van der Waals surface area contributed by atoms with Gasteiger partial charge in [0, 0.05) is 31.8 Å². The van der Waals surface area contributed by atoms with Crippen LogP contribution in [0.5, 0.6) is 5.75 Å². The molecule has 2 N–H and O–H groups in total. The van der Waals surface area contributed by atoms with E-state index in [1.165, 1.54) is 11.1 Å². The zero-order valence-electron chi connectivity index (χ0n) is 15.0. The van der Waals surface area contributed by atoms with Gasteiger partial charge in [0.25, 0.3) is 0 Å². The van der Waals surface area contributed by atoms with Crippen molar-refractivity contribution < 1.29 is 9.53 Å². The van der Waals surface area contributed by atoms with E-state index in [0.717, 1.165) is 50.9 Å². The van der Waals surface area contributed by atoms with Crippen LogP contribution in [-0.2, 0) is 4.79 Å². The summed E-state index contributed by atoms with van der Waals surface area (Å²) in [6.45, 7) is 6.48. The number of hydrogen-bond donors (Lipinski definition) is 1. The van der Waals surface area contributed by atoms with Gasteiger partial charge in [-0.15, -0.1) is 0 Å². The number of ether oxygens (including phenoxy) is 1. The molecule has 2 aliphatic rings. The van der Waals surface area contributed by atoms with E-state index >= 15 is 0 Å². The molecule has 0 aromatic heterocycles. The highest BCUT2D eigenvalue weighted by molar-refractivity contribution is 5.79. The van der Waals surface area contributed by atoms with E-state index in [1.54, 1.807) is 0 Å². The third kappa shape index (κ3) is 3.75. The molecule has 1 aliphatic heterocycles. The third-order valence-electron chi connectivity index (χ3n) is 5.81. The molecule has 2 atom stereocenters. The first-order chi connectivity index (χ1) is 11.6. The lowest BCUT2D eigenvalue weighted by Crippen LogP contribution is -2.45. The summed E-state index contributed by atoms with van der Waals surface area (Å²) in [6, 6.07) is 6.26. The molecule has 24 heavy (non-hydrogen) atoms. The summed E-state index contributed by atoms with van der Waals surface area (Å²) >= 11 is 0. The minimum Gasteiger partial charge on any atom is -0.490 e. The van der Waals surface area contributed by atoms with Crippen LogP contribution in [0.4, 0.5) is 0 Å². The van der Waals surface area contributed by atoms with Crippen molar-refractivity contribution in [3.8, 4) is 5.75 Å². The summed E-state index contributed by atoms with van der Waals surface area (Å²) in [4.78, 5) is 14.8. The highest BCUT2D eigenvalue weighted by Gasteiger charge is 2.36. The van der Waals surface area contributed by atoms with E-state index in [4.69, 9.17) is 10.5 Å². The van der Waals surface area contributed by atoms with Crippen LogP contribution in [0.3, 0.4) is 0 Å². The van der Waals surface area contributed by atoms with Crippen LogP contribution >= 0.6 is 0 Å². The first-order valence-electron chi connectivity index (χ1n) is 9.31. The van der Waals surface area contributed by atoms with Crippen molar-refractivity contribution in [1.82, 2.24) is 4.90 Å². The Balaban J connectivity index is 1.52. The Morgan fingerprint density at radius 3 is 2.58 bits per heavy atom. The Bertz CT molecular complexity index is 579. The van der Waals surface area contributed by atoms with Gasteiger partial charge in [0.05, 0.1) is 0 Å². The summed E-state index contributed by atoms with van der Waals surface area (Å²) < 4.78 is 6.13. The second-order valence-corrected chi connectivity index (χ2v) is 7.42. The Morgan fingerprint density at radius 2 is 1.92 bits per heavy atom. The molecule has 2 fully saturated rings. The van der Waals surface area contributed by atoms with Gasteiger partial charge in [0.1, 0.15) is 11.9 Å². The second kappa shape index (κ2) is 7.56. The SMILES string of the molecule is Cc1ccc(OC2CCN(C(=O)[C@@H]3CCC[C@@H]3CN)CC2)cc1C. The number of carbonyl (C=O) groups excluding carboxylic acids is 1. The highest BCUT2D eigenvalue weighted by Crippen LogP contribution is 2.33. The van der Waals surface area contributed by atoms with Gasteiger partial charge in [-0.1, -0.05) is 12.5 Å². The summed E-state index contributed by atoms with van der Waals surface area (Å²) in [5.74, 6) is 1.82. The van der Waals surface area contributed by atoms with Crippen LogP contribution in [0.2, 0.25) is 0 Å². The number of likely N-dealkylation sites (tertiary alicyclic amines) is 1. The van der Waals surface area contributed by atoms with Crippen LogP contribution in [0.1, 0.15) is 43.2 Å². The number of nitrogens with zero attached hydrogens (tertiary/aromatic N) is 1. The van der Waals surface area contributed by atoms with Gasteiger partial charge < -0.3 is 15.4 Å². The summed E-state index contributed by atoms with van der Waals surface area (Å²) in [6.07, 6.45) is 5.31. The smallest absolute Gasteiger partial charge is 0.226 e. The van der Waals surface area contributed by atoms with Crippen LogP contribution in [0, 0.1) is 25.7 Å². The maximum Gasteiger partial charge on any atom is 0.226 e. The van der Waals surface area contributed by atoms with Gasteiger partial charge in [-0.25, -0.2) is 0 Å². The third-order valence-corrected chi connectivity index (χ3v) is 5.81. The fraction of sp³-hybridized carbons (Fsp3) is 0.650. The average Bonchev–Trinajstić information content (AvgIpc) is 3.07. The number of nitrogens with two attached hydrogens (primary N) is 1. The molecule has 4 nitrogen and oxygen atoms in total. The van der Waals surface area contributed by atoms with Gasteiger partial charge in [-0.2, -0.15) is 0 Å². The second-order valence-electron chi connectivity index (χ2n) is 7.42. The van der Waals surface area contributed by atoms with Crippen molar-refractivity contribution in [2.24, 2.45) is 17.6 Å². The number of aryl methyl sites for hydroxylation is 2. The van der Waals surface area contributed by atoms with Crippen molar-refractivity contribution in [3.63, 3.8) is 0 Å². The monoisotopic (exact) mass is 330 g/mol. The maximum atomic E-state index is 12.7. The molecule has 1 heterocycles. The summed E-state index contributed by atoms with van der Waals surface area (Å²) in [5, 5.41) is 0. The maximum absolute atomic E-state index is 12.7. The molecular formula is C20H30N2O2. The van der Waals surface area contributed by atoms with Gasteiger partial charge in [0.2, 0.25) is 5.91 Å². The first kappa shape index (κ1) is 17.3. The number of piperidine rings is 1. The Labute approximate surface area is 145 Å². The van der Waals surface area contributed by atoms with Gasteiger partial charge in [0.15, 0.2) is 0 Å². The lowest BCUT2D eigenvalue weighted by atomic mass is 9.93. The molecule has 4 heteroatoms. The summed E-state index contributed by atoms with van der Waals surface area (Å²) in [5.41, 5.74) is 8.38. The van der Waals surface area contributed by atoms with Crippen LogP contribution in [-0.4, -0.2) is 36.5 Å². The van der Waals surface area contributed by atoms with Crippen LogP contribution < -0.4 is 10.5 Å². The molecule has 3 rings (SSSR count). The number of hydrogen-bond acceptors (Lipinski definition) is 3. The quantitative estimate of drug-likeness (QED) is 0.923. The predicted octanol–water partition coefficient (Wildman–Crippen LogP) is 3.05. The van der Waals surface area contributed by atoms with Gasteiger partial charge in [-0.3, -0.25) is 4.79 Å². The molecule has 132 valence electrons. The lowest BCUT2D eigenvalue weighted by molar-refractivity contribution is -0.138. The topological polar surface area (TPSA) is 55.6 Å². The minimum atomic E-state index is 0.159. The number of rotatable bonds is 4. The van der Waals surface area contributed by atoms with E-state index in [9.17, 15) is 4.79 Å². The zero-order valence-corrected chi connectivity index (χ0v) is 15.0. The van der Waals surface area contributed by atoms with E-state index in [2.05, 4.69) is 26.0 Å². The molecule has 1 aliphatic carbocycles. The molecule has 0 radical (unpaired) electrons. The standard InChI is InChI=1S/C20H30N2O2/c1-14-6-7-18(12-15(14)2)24-17-8-10-22(11-9-17)20(23)19-5-3-4-16(19)13-21/h6-7,12,16-17,19H,3-5,8-11,13,21H2,1-2H3/t16-,19-/m1/s1. The highest BCUT2D eigenvalue weighted by atomic mass is 16.5. The van der Waals surface area contributed by atoms with Crippen molar-refractivity contribution in [3.05, 3.63) is 29.3 Å². The van der Waals surface area contributed by atoms with Crippen molar-refractivity contribution in [1.29, 1.82) is 0 Å². The normalized spacial score (nSPS) is 25.0. The Hall–Kier alpha value is -1.55. The van der Waals surface area contributed by atoms with Crippen molar-refractivity contribution >= 4 is 5.91 Å². The van der Waals surface area contributed by atoms with E-state index in [0.29, 0.717) is 18.4 Å². The molecule has 0 unspecified atom stereocenters. The average molecular weight is 330 g/mol. The molecule has 1 aromatic carbocycles. The van der Waals surface area contributed by atoms with E-state index in [-0.39, 0.29) is 12.0 Å². The Kier molecular flexibility index (Phi) is 5.44. The van der Waals surface area contributed by atoms with Crippen LogP contribution in [0.25, 0.3) is 0 Å². The molecule has 1 aromatic rings. The number of amides is 1. The Morgan fingerprint density at radius 1 is 1.17 bits per heavy atom. The fourth-order valence-corrected chi connectivity index (χ4v) is 4.05. The molecule has 0 bridgehead atoms. The van der Waals surface area contributed by atoms with Crippen LogP contribution in [0.15, 0.2) is 18.2 Å². The van der Waals surface area contributed by atoms with Gasteiger partial charge in [-0.05, 0) is 62.4 Å². The minimum absolute atomic E-state index is 0.159. The molecule has 0 spiro atoms. The lowest BCUT2D eigenvalue weighted by Gasteiger charge is -2.34. The van der Waals surface area contributed by atoms with Crippen molar-refractivity contribution in [2.75, 3.05) is 19.6 Å². The first-order valence-corrected chi connectivity index (χ1v) is 9.31. The molecular weight excluding hydrogens is 300 g/mol. The molecule has 1 saturated heterocycles. The van der Waals surface area contributed by atoms with E-state index < -0.39 is 0 Å². The number of benzene rings is 1. The number of carbonyl (C=O) groups is 1. The summed E-state index contributed by atoms with van der Waals surface area (Å²) in [7, 11) is 0. The zero-order chi connectivity index (χ0) is 17.1. The molecule has 1 amide bonds.